The lowest BCUT2D eigenvalue weighted by Gasteiger charge is -2.08. The highest BCUT2D eigenvalue weighted by molar-refractivity contribution is 9.10. The summed E-state index contributed by atoms with van der Waals surface area (Å²) < 4.78 is 0.762. The number of rotatable bonds is 7. The molecule has 0 aliphatic rings. The van der Waals surface area contributed by atoms with Crippen LogP contribution in [0.15, 0.2) is 53.4 Å². The van der Waals surface area contributed by atoms with Crippen LogP contribution in [-0.4, -0.2) is 39.2 Å². The topological polar surface area (TPSA) is 105 Å². The Labute approximate surface area is 165 Å². The summed E-state index contributed by atoms with van der Waals surface area (Å²) in [5.41, 5.74) is 1.60. The van der Waals surface area contributed by atoms with Gasteiger partial charge in [-0.05, 0) is 52.7 Å². The maximum Gasteiger partial charge on any atom is 0.252 e. The lowest BCUT2D eigenvalue weighted by Crippen LogP contribution is -2.29. The van der Waals surface area contributed by atoms with E-state index >= 15 is 0 Å². The highest BCUT2D eigenvalue weighted by atomic mass is 79.9. The van der Waals surface area contributed by atoms with E-state index in [0.717, 1.165) is 10.0 Å². The number of hydrogen-bond donors (Lipinski definition) is 3. The van der Waals surface area contributed by atoms with E-state index in [1.54, 1.807) is 18.5 Å². The van der Waals surface area contributed by atoms with Crippen molar-refractivity contribution in [1.82, 2.24) is 25.5 Å². The monoisotopic (exact) mass is 427 g/mol. The van der Waals surface area contributed by atoms with Crippen molar-refractivity contribution in [3.05, 3.63) is 64.5 Å². The molecule has 0 saturated carbocycles. The highest BCUT2D eigenvalue weighted by Gasteiger charge is 2.05. The second-order valence-corrected chi connectivity index (χ2v) is 6.64. The first-order valence-corrected chi connectivity index (χ1v) is 9.05. The molecule has 0 spiro atoms. The summed E-state index contributed by atoms with van der Waals surface area (Å²) in [6, 6.07) is 9.19. The summed E-state index contributed by atoms with van der Waals surface area (Å²) >= 11 is 3.29. The zero-order valence-corrected chi connectivity index (χ0v) is 16.2. The van der Waals surface area contributed by atoms with Gasteiger partial charge in [-0.25, -0.2) is 4.98 Å². The van der Waals surface area contributed by atoms with E-state index in [9.17, 15) is 4.79 Å². The standard InChI is InChI=1S/C18H18BrN7O/c1-12-2-3-15(23-9-12)24-17-5-4-16(25-26-17)21-6-7-22-18(27)13-8-14(19)11-20-10-13/h2-5,8-11H,6-7H2,1H3,(H,21,25)(H,22,27)(H,23,24,26). The van der Waals surface area contributed by atoms with Crippen molar-refractivity contribution >= 4 is 39.3 Å². The third-order valence-corrected chi connectivity index (χ3v) is 3.95. The Morgan fingerprint density at radius 1 is 1.00 bits per heavy atom. The number of amides is 1. The minimum atomic E-state index is -0.179. The van der Waals surface area contributed by atoms with Gasteiger partial charge in [0.15, 0.2) is 5.82 Å². The number of anilines is 3. The molecular formula is C18H18BrN7O. The first kappa shape index (κ1) is 18.7. The van der Waals surface area contributed by atoms with E-state index in [0.29, 0.717) is 36.1 Å². The molecule has 3 N–H and O–H groups in total. The molecular weight excluding hydrogens is 410 g/mol. The van der Waals surface area contributed by atoms with Crippen molar-refractivity contribution in [2.75, 3.05) is 23.7 Å². The molecule has 3 aromatic rings. The fourth-order valence-corrected chi connectivity index (χ4v) is 2.54. The van der Waals surface area contributed by atoms with Gasteiger partial charge in [-0.3, -0.25) is 9.78 Å². The van der Waals surface area contributed by atoms with Crippen LogP contribution >= 0.6 is 15.9 Å². The molecule has 0 aliphatic heterocycles. The van der Waals surface area contributed by atoms with E-state index in [1.807, 2.05) is 31.2 Å². The van der Waals surface area contributed by atoms with Crippen LogP contribution in [0.3, 0.4) is 0 Å². The van der Waals surface area contributed by atoms with E-state index in [-0.39, 0.29) is 5.91 Å². The van der Waals surface area contributed by atoms with Gasteiger partial charge in [-0.15, -0.1) is 10.2 Å². The summed E-state index contributed by atoms with van der Waals surface area (Å²) in [6.07, 6.45) is 4.93. The summed E-state index contributed by atoms with van der Waals surface area (Å²) in [4.78, 5) is 20.2. The van der Waals surface area contributed by atoms with Crippen molar-refractivity contribution in [2.24, 2.45) is 0 Å². The van der Waals surface area contributed by atoms with Crippen molar-refractivity contribution in [3.63, 3.8) is 0 Å². The fourth-order valence-electron chi connectivity index (χ4n) is 2.17. The predicted octanol–water partition coefficient (Wildman–Crippen LogP) is 2.92. The average molecular weight is 428 g/mol. The number of carbonyl (C=O) groups excluding carboxylic acids is 1. The van der Waals surface area contributed by atoms with E-state index in [4.69, 9.17) is 0 Å². The number of pyridine rings is 2. The molecule has 0 saturated heterocycles. The summed E-state index contributed by atoms with van der Waals surface area (Å²) in [5, 5.41) is 17.2. The first-order chi connectivity index (χ1) is 13.1. The van der Waals surface area contributed by atoms with Gasteiger partial charge in [-0.2, -0.15) is 0 Å². The summed E-state index contributed by atoms with van der Waals surface area (Å²) in [6.45, 7) is 2.95. The van der Waals surface area contributed by atoms with E-state index < -0.39 is 0 Å². The van der Waals surface area contributed by atoms with Gasteiger partial charge < -0.3 is 16.0 Å². The second-order valence-electron chi connectivity index (χ2n) is 5.72. The maximum absolute atomic E-state index is 12.0. The van der Waals surface area contributed by atoms with E-state index in [1.165, 1.54) is 6.20 Å². The van der Waals surface area contributed by atoms with Crippen LogP contribution in [0.1, 0.15) is 15.9 Å². The van der Waals surface area contributed by atoms with Crippen LogP contribution in [0.5, 0.6) is 0 Å². The molecule has 3 rings (SSSR count). The smallest absolute Gasteiger partial charge is 0.252 e. The molecule has 0 aliphatic carbocycles. The van der Waals surface area contributed by atoms with Crippen molar-refractivity contribution < 1.29 is 4.79 Å². The van der Waals surface area contributed by atoms with Crippen molar-refractivity contribution in [2.45, 2.75) is 6.92 Å². The number of carbonyl (C=O) groups is 1. The molecule has 0 aromatic carbocycles. The van der Waals surface area contributed by atoms with Gasteiger partial charge in [0.05, 0.1) is 5.56 Å². The number of hydrogen-bond acceptors (Lipinski definition) is 7. The van der Waals surface area contributed by atoms with Crippen LogP contribution in [-0.2, 0) is 0 Å². The maximum atomic E-state index is 12.0. The Bertz CT molecular complexity index is 900. The van der Waals surface area contributed by atoms with Crippen molar-refractivity contribution in [3.8, 4) is 0 Å². The molecule has 0 bridgehead atoms. The van der Waals surface area contributed by atoms with Gasteiger partial charge in [0.1, 0.15) is 11.6 Å². The molecule has 3 aromatic heterocycles. The minimum Gasteiger partial charge on any atom is -0.367 e. The molecule has 8 nitrogen and oxygen atoms in total. The summed E-state index contributed by atoms with van der Waals surface area (Å²) in [5.74, 6) is 1.75. The molecule has 0 unspecified atom stereocenters. The SMILES string of the molecule is Cc1ccc(Nc2ccc(NCCNC(=O)c3cncc(Br)c3)nn2)nc1. The first-order valence-electron chi connectivity index (χ1n) is 8.26. The van der Waals surface area contributed by atoms with Crippen molar-refractivity contribution in [1.29, 1.82) is 0 Å². The average Bonchev–Trinajstić information content (AvgIpc) is 2.68. The Balaban J connectivity index is 1.43. The Morgan fingerprint density at radius 2 is 1.78 bits per heavy atom. The Kier molecular flexibility index (Phi) is 6.26. The number of aryl methyl sites for hydroxylation is 1. The fraction of sp³-hybridized carbons (Fsp3) is 0.167. The zero-order valence-electron chi connectivity index (χ0n) is 14.6. The van der Waals surface area contributed by atoms with Crippen LogP contribution < -0.4 is 16.0 Å². The lowest BCUT2D eigenvalue weighted by atomic mass is 10.3. The molecule has 1 amide bonds. The second kappa shape index (κ2) is 9.04. The van der Waals surface area contributed by atoms with Gasteiger partial charge in [-0.1, -0.05) is 6.07 Å². The highest BCUT2D eigenvalue weighted by Crippen LogP contribution is 2.12. The van der Waals surface area contributed by atoms with Crippen LogP contribution in [0.4, 0.5) is 17.5 Å². The van der Waals surface area contributed by atoms with Crippen LogP contribution in [0.25, 0.3) is 0 Å². The lowest BCUT2D eigenvalue weighted by molar-refractivity contribution is 0.0954. The normalized spacial score (nSPS) is 10.3. The summed E-state index contributed by atoms with van der Waals surface area (Å²) in [7, 11) is 0. The van der Waals surface area contributed by atoms with E-state index in [2.05, 4.69) is 52.0 Å². The molecule has 0 atom stereocenters. The molecule has 138 valence electrons. The Hall–Kier alpha value is -3.07. The predicted molar refractivity (Wildman–Crippen MR) is 107 cm³/mol. The van der Waals surface area contributed by atoms with Gasteiger partial charge in [0.2, 0.25) is 0 Å². The number of halogens is 1. The molecule has 3 heterocycles. The third kappa shape index (κ3) is 5.71. The number of nitrogens with one attached hydrogen (secondary N) is 3. The third-order valence-electron chi connectivity index (χ3n) is 3.52. The minimum absolute atomic E-state index is 0.179. The van der Waals surface area contributed by atoms with Crippen LogP contribution in [0, 0.1) is 6.92 Å². The largest absolute Gasteiger partial charge is 0.367 e. The van der Waals surface area contributed by atoms with Gasteiger partial charge >= 0.3 is 0 Å². The van der Waals surface area contributed by atoms with Crippen LogP contribution in [0.2, 0.25) is 0 Å². The zero-order chi connectivity index (χ0) is 19.1. The number of aromatic nitrogens is 4. The molecule has 0 radical (unpaired) electrons. The molecule has 27 heavy (non-hydrogen) atoms. The number of nitrogens with zero attached hydrogens (tertiary/aromatic N) is 4. The van der Waals surface area contributed by atoms with Gasteiger partial charge in [0, 0.05) is 36.2 Å². The Morgan fingerprint density at radius 3 is 2.48 bits per heavy atom. The quantitative estimate of drug-likeness (QED) is 0.497. The van der Waals surface area contributed by atoms with Gasteiger partial charge in [0.25, 0.3) is 5.91 Å². The molecule has 9 heteroatoms. The molecule has 0 fully saturated rings.